The molecule has 4 N–H and O–H groups in total. The average molecular weight is 338 g/mol. The third kappa shape index (κ3) is 3.64. The zero-order valence-corrected chi connectivity index (χ0v) is 13.1. The van der Waals surface area contributed by atoms with Crippen molar-refractivity contribution < 1.29 is 18.7 Å². The van der Waals surface area contributed by atoms with Crippen LogP contribution in [0.2, 0.25) is 0 Å². The van der Waals surface area contributed by atoms with Gasteiger partial charge in [-0.25, -0.2) is 18.6 Å². The molecule has 3 rings (SSSR count). The lowest BCUT2D eigenvalue weighted by atomic mass is 9.85. The summed E-state index contributed by atoms with van der Waals surface area (Å²) < 4.78 is 25.3. The first kappa shape index (κ1) is 16.6. The van der Waals surface area contributed by atoms with Gasteiger partial charge in [0.25, 0.3) is 6.43 Å². The predicted octanol–water partition coefficient (Wildman–Crippen LogP) is 3.17. The summed E-state index contributed by atoms with van der Waals surface area (Å²) in [5.41, 5.74) is 1.35. The molecule has 130 valence electrons. The van der Waals surface area contributed by atoms with E-state index < -0.39 is 6.43 Å². The van der Waals surface area contributed by atoms with Gasteiger partial charge in [-0.15, -0.1) is 0 Å². The van der Waals surface area contributed by atoms with Crippen molar-refractivity contribution in [1.82, 2.24) is 15.3 Å². The van der Waals surface area contributed by atoms with Crippen molar-refractivity contribution in [3.05, 3.63) is 24.0 Å². The zero-order valence-electron chi connectivity index (χ0n) is 13.1. The molecule has 0 saturated heterocycles. The number of halogens is 2. The van der Waals surface area contributed by atoms with Gasteiger partial charge in [0, 0.05) is 24.3 Å². The van der Waals surface area contributed by atoms with Crippen molar-refractivity contribution in [2.75, 3.05) is 11.9 Å². The van der Waals surface area contributed by atoms with E-state index in [4.69, 9.17) is 0 Å². The number of hydrogen-bond donors (Lipinski definition) is 4. The number of benzene rings is 1. The van der Waals surface area contributed by atoms with Crippen LogP contribution < -0.4 is 10.6 Å². The number of rotatable bonds is 4. The molecule has 0 unspecified atom stereocenters. The number of aliphatic hydroxyl groups excluding tert-OH is 1. The van der Waals surface area contributed by atoms with Crippen LogP contribution in [0.5, 0.6) is 0 Å². The maximum Gasteiger partial charge on any atom is 0.319 e. The van der Waals surface area contributed by atoms with Crippen LogP contribution in [0.3, 0.4) is 0 Å². The number of carbonyl (C=O) groups excluding carboxylic acids is 1. The summed E-state index contributed by atoms with van der Waals surface area (Å²) in [4.78, 5) is 18.5. The second-order valence-corrected chi connectivity index (χ2v) is 6.09. The van der Waals surface area contributed by atoms with Crippen LogP contribution in [-0.2, 0) is 0 Å². The van der Waals surface area contributed by atoms with Gasteiger partial charge in [-0.2, -0.15) is 0 Å². The number of alkyl halides is 2. The third-order valence-electron chi connectivity index (χ3n) is 4.42. The minimum Gasteiger partial charge on any atom is -0.396 e. The number of hydrogen-bond acceptors (Lipinski definition) is 3. The maximum atomic E-state index is 12.7. The summed E-state index contributed by atoms with van der Waals surface area (Å²) in [6.07, 6.45) is 1.17. The highest BCUT2D eigenvalue weighted by Gasteiger charge is 2.25. The first-order valence-corrected chi connectivity index (χ1v) is 8.03. The van der Waals surface area contributed by atoms with E-state index in [1.807, 2.05) is 0 Å². The molecule has 1 aromatic carbocycles. The second-order valence-electron chi connectivity index (χ2n) is 6.09. The van der Waals surface area contributed by atoms with E-state index in [9.17, 15) is 18.7 Å². The van der Waals surface area contributed by atoms with Gasteiger partial charge in [-0.05, 0) is 31.0 Å². The molecule has 24 heavy (non-hydrogen) atoms. The van der Waals surface area contributed by atoms with Gasteiger partial charge >= 0.3 is 6.03 Å². The molecule has 1 saturated carbocycles. The lowest BCUT2D eigenvalue weighted by molar-refractivity contribution is 0.142. The molecule has 2 atom stereocenters. The molecule has 2 aromatic rings. The molecule has 0 radical (unpaired) electrons. The summed E-state index contributed by atoms with van der Waals surface area (Å²) in [5, 5.41) is 15.0. The smallest absolute Gasteiger partial charge is 0.319 e. The molecule has 6 nitrogen and oxygen atoms in total. The van der Waals surface area contributed by atoms with Crippen molar-refractivity contribution >= 4 is 22.8 Å². The summed E-state index contributed by atoms with van der Waals surface area (Å²) in [6, 6.07) is 4.34. The van der Waals surface area contributed by atoms with Gasteiger partial charge in [0.15, 0.2) is 5.82 Å². The minimum absolute atomic E-state index is 0.0509. The van der Waals surface area contributed by atoms with Crippen LogP contribution in [0.4, 0.5) is 19.3 Å². The fraction of sp³-hybridized carbons (Fsp3) is 0.500. The number of amides is 2. The van der Waals surface area contributed by atoms with Crippen LogP contribution in [0, 0.1) is 5.92 Å². The van der Waals surface area contributed by atoms with Crippen molar-refractivity contribution in [3.8, 4) is 0 Å². The predicted molar refractivity (Wildman–Crippen MR) is 86.0 cm³/mol. The Morgan fingerprint density at radius 3 is 2.92 bits per heavy atom. The van der Waals surface area contributed by atoms with E-state index in [0.717, 1.165) is 25.7 Å². The molecule has 1 heterocycles. The van der Waals surface area contributed by atoms with Gasteiger partial charge < -0.3 is 20.7 Å². The Balaban J connectivity index is 1.66. The molecule has 1 aromatic heterocycles. The second kappa shape index (κ2) is 7.12. The first-order valence-electron chi connectivity index (χ1n) is 8.03. The topological polar surface area (TPSA) is 90.0 Å². The minimum atomic E-state index is -2.67. The van der Waals surface area contributed by atoms with Gasteiger partial charge in [0.1, 0.15) is 0 Å². The number of aromatic amines is 1. The van der Waals surface area contributed by atoms with E-state index in [2.05, 4.69) is 20.6 Å². The molecule has 0 bridgehead atoms. The van der Waals surface area contributed by atoms with Gasteiger partial charge in [-0.3, -0.25) is 0 Å². The van der Waals surface area contributed by atoms with Crippen LogP contribution in [0.15, 0.2) is 18.2 Å². The molecule has 2 amide bonds. The number of nitrogens with one attached hydrogen (secondary N) is 3. The van der Waals surface area contributed by atoms with Crippen molar-refractivity contribution in [2.45, 2.75) is 38.2 Å². The summed E-state index contributed by atoms with van der Waals surface area (Å²) in [6.45, 7) is 0.0570. The number of urea groups is 1. The van der Waals surface area contributed by atoms with Crippen LogP contribution >= 0.6 is 0 Å². The summed E-state index contributed by atoms with van der Waals surface area (Å²) in [5.74, 6) is -0.312. The lowest BCUT2D eigenvalue weighted by Gasteiger charge is -2.30. The summed E-state index contributed by atoms with van der Waals surface area (Å²) >= 11 is 0. The molecule has 0 aliphatic heterocycles. The van der Waals surface area contributed by atoms with Gasteiger partial charge in [0.05, 0.1) is 11.0 Å². The van der Waals surface area contributed by atoms with Crippen molar-refractivity contribution in [3.63, 3.8) is 0 Å². The number of aromatic nitrogens is 2. The normalized spacial score (nSPS) is 21.2. The average Bonchev–Trinajstić information content (AvgIpc) is 2.99. The molecule has 1 aliphatic rings. The van der Waals surface area contributed by atoms with E-state index in [1.165, 1.54) is 0 Å². The number of carbonyl (C=O) groups is 1. The number of imidazole rings is 1. The Morgan fingerprint density at radius 1 is 1.38 bits per heavy atom. The van der Waals surface area contributed by atoms with Crippen LogP contribution in [0.25, 0.3) is 11.0 Å². The fourth-order valence-corrected chi connectivity index (χ4v) is 3.16. The highest BCUT2D eigenvalue weighted by Crippen LogP contribution is 2.25. The Labute approximate surface area is 137 Å². The quantitative estimate of drug-likeness (QED) is 0.690. The van der Waals surface area contributed by atoms with Crippen molar-refractivity contribution in [1.29, 1.82) is 0 Å². The Morgan fingerprint density at radius 2 is 2.17 bits per heavy atom. The van der Waals surface area contributed by atoms with Gasteiger partial charge in [-0.1, -0.05) is 12.8 Å². The van der Waals surface area contributed by atoms with E-state index in [0.29, 0.717) is 16.7 Å². The molecular weight excluding hydrogens is 318 g/mol. The summed E-state index contributed by atoms with van der Waals surface area (Å²) in [7, 11) is 0. The molecule has 8 heteroatoms. The van der Waals surface area contributed by atoms with E-state index in [1.54, 1.807) is 18.2 Å². The molecule has 1 fully saturated rings. The fourth-order valence-electron chi connectivity index (χ4n) is 3.16. The van der Waals surface area contributed by atoms with Gasteiger partial charge in [0.2, 0.25) is 0 Å². The standard InChI is InChI=1S/C16H20F2N4O2/c17-14(18)15-20-12-6-5-10(7-13(12)21-15)19-16(24)22-11-4-2-1-3-9(11)8-23/h5-7,9,11,14,23H,1-4,8H2,(H,20,21)(H2,19,22,24)/t9-,11+/m1/s1. The van der Waals surface area contributed by atoms with Crippen molar-refractivity contribution in [2.24, 2.45) is 5.92 Å². The first-order chi connectivity index (χ1) is 11.6. The van der Waals surface area contributed by atoms with Crippen LogP contribution in [-0.4, -0.2) is 33.8 Å². The molecule has 0 spiro atoms. The molecule has 1 aliphatic carbocycles. The Bertz CT molecular complexity index is 719. The SMILES string of the molecule is O=C(Nc1ccc2nc(C(F)F)[nH]c2c1)N[C@H]1CCCC[C@@H]1CO. The Kier molecular flexibility index (Phi) is 4.94. The number of aliphatic hydroxyl groups is 1. The highest BCUT2D eigenvalue weighted by atomic mass is 19.3. The number of fused-ring (bicyclic) bond motifs is 1. The van der Waals surface area contributed by atoms with E-state index in [-0.39, 0.29) is 30.4 Å². The number of anilines is 1. The third-order valence-corrected chi connectivity index (χ3v) is 4.42. The monoisotopic (exact) mass is 338 g/mol. The number of H-pyrrole nitrogens is 1. The Hall–Kier alpha value is -2.22. The maximum absolute atomic E-state index is 12.7. The number of nitrogens with zero attached hydrogens (tertiary/aromatic N) is 1. The highest BCUT2D eigenvalue weighted by molar-refractivity contribution is 5.92. The molecular formula is C16H20F2N4O2. The lowest BCUT2D eigenvalue weighted by Crippen LogP contribution is -2.45. The van der Waals surface area contributed by atoms with E-state index >= 15 is 0 Å². The van der Waals surface area contributed by atoms with Crippen LogP contribution in [0.1, 0.15) is 37.9 Å². The zero-order chi connectivity index (χ0) is 17.1. The largest absolute Gasteiger partial charge is 0.396 e.